The Kier molecular flexibility index (Phi) is 8.49. The van der Waals surface area contributed by atoms with Crippen molar-refractivity contribution in [1.29, 1.82) is 0 Å². The number of rotatable bonds is 7. The maximum atomic E-state index is 13.0. The Bertz CT molecular complexity index is 977. The Morgan fingerprint density at radius 2 is 2.03 bits per heavy atom. The second-order valence-electron chi connectivity index (χ2n) is 8.48. The van der Waals surface area contributed by atoms with E-state index in [1.54, 1.807) is 38.1 Å². The van der Waals surface area contributed by atoms with Crippen molar-refractivity contribution in [3.05, 3.63) is 46.4 Å². The number of carbonyl (C=O) groups is 2. The van der Waals surface area contributed by atoms with Crippen LogP contribution in [0.25, 0.3) is 0 Å². The lowest BCUT2D eigenvalue weighted by Crippen LogP contribution is -2.47. The third kappa shape index (κ3) is 6.35. The molecule has 1 aliphatic rings. The summed E-state index contributed by atoms with van der Waals surface area (Å²) >= 11 is 6.26. The average Bonchev–Trinajstić information content (AvgIpc) is 3.03. The zero-order valence-electron chi connectivity index (χ0n) is 19.4. The largest absolute Gasteiger partial charge is 0.496 e. The minimum Gasteiger partial charge on any atom is -0.496 e. The number of ether oxygens (including phenoxy) is 1. The van der Waals surface area contributed by atoms with Crippen LogP contribution in [0.5, 0.6) is 5.75 Å². The summed E-state index contributed by atoms with van der Waals surface area (Å²) in [5, 5.41) is 3.23. The van der Waals surface area contributed by atoms with Crippen LogP contribution in [-0.2, 0) is 11.2 Å². The molecule has 0 aliphatic carbocycles. The molecule has 33 heavy (non-hydrogen) atoms. The molecule has 1 aromatic carbocycles. The molecular formula is C24H32ClN5O3. The fourth-order valence-electron chi connectivity index (χ4n) is 4.28. The van der Waals surface area contributed by atoms with Gasteiger partial charge in [-0.25, -0.2) is 9.97 Å². The number of methoxy groups -OCH3 is 1. The van der Waals surface area contributed by atoms with Crippen molar-refractivity contribution in [2.75, 3.05) is 25.9 Å². The molecule has 3 N–H and O–H groups in total. The SMILES string of the molecule is COc1ccccc1C(=O)N[C@@H](C)C(=O)N1CCCC(CCc2c(N)nc(C)nc2Cl)CC1. The summed E-state index contributed by atoms with van der Waals surface area (Å²) in [6.07, 6.45) is 4.46. The quantitative estimate of drug-likeness (QED) is 0.596. The Hall–Kier alpha value is -2.87. The highest BCUT2D eigenvalue weighted by Gasteiger charge is 2.26. The molecule has 1 aliphatic heterocycles. The summed E-state index contributed by atoms with van der Waals surface area (Å²) in [6, 6.07) is 6.34. The van der Waals surface area contributed by atoms with Gasteiger partial charge >= 0.3 is 0 Å². The van der Waals surface area contributed by atoms with Gasteiger partial charge in [-0.05, 0) is 64.0 Å². The lowest BCUT2D eigenvalue weighted by molar-refractivity contribution is -0.132. The lowest BCUT2D eigenvalue weighted by atomic mass is 9.93. The molecule has 0 saturated carbocycles. The van der Waals surface area contributed by atoms with Crippen LogP contribution in [0.4, 0.5) is 5.82 Å². The van der Waals surface area contributed by atoms with Crippen LogP contribution in [0.15, 0.2) is 24.3 Å². The molecule has 2 aromatic rings. The highest BCUT2D eigenvalue weighted by Crippen LogP contribution is 2.27. The number of nitrogens with one attached hydrogen (secondary N) is 1. The molecular weight excluding hydrogens is 442 g/mol. The number of aromatic nitrogens is 2. The van der Waals surface area contributed by atoms with Gasteiger partial charge in [0.2, 0.25) is 5.91 Å². The molecule has 1 aromatic heterocycles. The number of carbonyl (C=O) groups excluding carboxylic acids is 2. The van der Waals surface area contributed by atoms with Crippen molar-refractivity contribution < 1.29 is 14.3 Å². The van der Waals surface area contributed by atoms with Crippen molar-refractivity contribution in [3.63, 3.8) is 0 Å². The van der Waals surface area contributed by atoms with E-state index >= 15 is 0 Å². The van der Waals surface area contributed by atoms with Gasteiger partial charge in [0.25, 0.3) is 5.91 Å². The van der Waals surface area contributed by atoms with E-state index in [0.29, 0.717) is 47.1 Å². The van der Waals surface area contributed by atoms with Crippen molar-refractivity contribution in [1.82, 2.24) is 20.2 Å². The van der Waals surface area contributed by atoms with Crippen LogP contribution in [0, 0.1) is 12.8 Å². The van der Waals surface area contributed by atoms with Gasteiger partial charge in [0, 0.05) is 18.7 Å². The predicted molar refractivity (Wildman–Crippen MR) is 128 cm³/mol. The summed E-state index contributed by atoms with van der Waals surface area (Å²) in [7, 11) is 1.52. The molecule has 3 rings (SSSR count). The number of hydrogen-bond donors (Lipinski definition) is 2. The lowest BCUT2D eigenvalue weighted by Gasteiger charge is -2.25. The molecule has 178 valence electrons. The molecule has 9 heteroatoms. The van der Waals surface area contributed by atoms with Gasteiger partial charge in [-0.15, -0.1) is 0 Å². The number of nitrogens with zero attached hydrogens (tertiary/aromatic N) is 3. The van der Waals surface area contributed by atoms with Gasteiger partial charge in [0.15, 0.2) is 0 Å². The number of benzene rings is 1. The van der Waals surface area contributed by atoms with E-state index in [1.807, 2.05) is 4.90 Å². The number of aryl methyl sites for hydroxylation is 1. The normalized spacial score (nSPS) is 17.2. The van der Waals surface area contributed by atoms with Gasteiger partial charge in [0.05, 0.1) is 12.7 Å². The molecule has 2 atom stereocenters. The Balaban J connectivity index is 1.53. The number of anilines is 1. The summed E-state index contributed by atoms with van der Waals surface area (Å²) < 4.78 is 5.25. The Morgan fingerprint density at radius 3 is 2.76 bits per heavy atom. The molecule has 0 bridgehead atoms. The Labute approximate surface area is 199 Å². The molecule has 1 fully saturated rings. The highest BCUT2D eigenvalue weighted by atomic mass is 35.5. The third-order valence-corrected chi connectivity index (χ3v) is 6.44. The second-order valence-corrected chi connectivity index (χ2v) is 8.84. The zero-order chi connectivity index (χ0) is 24.0. The fourth-order valence-corrected chi connectivity index (χ4v) is 4.59. The molecule has 2 amide bonds. The molecule has 0 radical (unpaired) electrons. The predicted octanol–water partition coefficient (Wildman–Crippen LogP) is 3.41. The second kappa shape index (κ2) is 11.3. The number of nitrogens with two attached hydrogens (primary N) is 1. The minimum absolute atomic E-state index is 0.0712. The number of halogens is 1. The maximum Gasteiger partial charge on any atom is 0.255 e. The van der Waals surface area contributed by atoms with Crippen LogP contribution in [0.3, 0.4) is 0 Å². The summed E-state index contributed by atoms with van der Waals surface area (Å²) in [5.74, 6) is 1.55. The van der Waals surface area contributed by atoms with Gasteiger partial charge in [-0.3, -0.25) is 9.59 Å². The number of para-hydroxylation sites is 1. The fraction of sp³-hybridized carbons (Fsp3) is 0.500. The monoisotopic (exact) mass is 473 g/mol. The number of nitrogen functional groups attached to an aromatic ring is 1. The summed E-state index contributed by atoms with van der Waals surface area (Å²) in [4.78, 5) is 35.9. The van der Waals surface area contributed by atoms with E-state index in [2.05, 4.69) is 15.3 Å². The van der Waals surface area contributed by atoms with Crippen molar-refractivity contribution in [2.45, 2.75) is 52.0 Å². The van der Waals surface area contributed by atoms with E-state index in [-0.39, 0.29) is 11.8 Å². The van der Waals surface area contributed by atoms with Gasteiger partial charge in [-0.1, -0.05) is 23.7 Å². The standard InChI is InChI=1S/C24H32ClN5O3/c1-15(27-23(31)18-8-4-5-9-20(18)33-3)24(32)30-13-6-7-17(12-14-30)10-11-19-21(25)28-16(2)29-22(19)26/h4-5,8-9,15,17H,6-7,10-14H2,1-3H3,(H,27,31)(H2,26,28,29)/t15-,17?/m0/s1. The van der Waals surface area contributed by atoms with Crippen molar-refractivity contribution >= 4 is 29.2 Å². The van der Waals surface area contributed by atoms with E-state index in [4.69, 9.17) is 22.1 Å². The molecule has 1 unspecified atom stereocenters. The first kappa shape index (κ1) is 24.8. The van der Waals surface area contributed by atoms with Crippen molar-refractivity contribution in [2.24, 2.45) is 5.92 Å². The van der Waals surface area contributed by atoms with E-state index in [9.17, 15) is 9.59 Å². The first-order valence-corrected chi connectivity index (χ1v) is 11.7. The van der Waals surface area contributed by atoms with E-state index in [1.165, 1.54) is 7.11 Å². The average molecular weight is 474 g/mol. The summed E-state index contributed by atoms with van der Waals surface area (Å²) in [5.41, 5.74) is 7.24. The molecule has 2 heterocycles. The molecule has 8 nitrogen and oxygen atoms in total. The first-order chi connectivity index (χ1) is 15.8. The topological polar surface area (TPSA) is 110 Å². The first-order valence-electron chi connectivity index (χ1n) is 11.3. The smallest absolute Gasteiger partial charge is 0.255 e. The van der Waals surface area contributed by atoms with Crippen LogP contribution in [0.1, 0.15) is 54.4 Å². The van der Waals surface area contributed by atoms with Crippen LogP contribution < -0.4 is 15.8 Å². The molecule has 0 spiro atoms. The van der Waals surface area contributed by atoms with Gasteiger partial charge in [-0.2, -0.15) is 0 Å². The van der Waals surface area contributed by atoms with Gasteiger partial charge < -0.3 is 20.7 Å². The van der Waals surface area contributed by atoms with Gasteiger partial charge in [0.1, 0.15) is 28.6 Å². The van der Waals surface area contributed by atoms with E-state index < -0.39 is 6.04 Å². The number of likely N-dealkylation sites (tertiary alicyclic amines) is 1. The summed E-state index contributed by atoms with van der Waals surface area (Å²) in [6.45, 7) is 4.83. The zero-order valence-corrected chi connectivity index (χ0v) is 20.2. The third-order valence-electron chi connectivity index (χ3n) is 6.13. The maximum absolute atomic E-state index is 13.0. The minimum atomic E-state index is -0.623. The van der Waals surface area contributed by atoms with Crippen molar-refractivity contribution in [3.8, 4) is 5.75 Å². The highest BCUT2D eigenvalue weighted by molar-refractivity contribution is 6.30. The Morgan fingerprint density at radius 1 is 1.27 bits per heavy atom. The van der Waals surface area contributed by atoms with E-state index in [0.717, 1.165) is 37.7 Å². The number of hydrogen-bond acceptors (Lipinski definition) is 6. The van der Waals surface area contributed by atoms with Crippen LogP contribution in [-0.4, -0.2) is 52.9 Å². The molecule has 1 saturated heterocycles. The number of amides is 2. The van der Waals surface area contributed by atoms with Crippen LogP contribution >= 0.6 is 11.6 Å². The van der Waals surface area contributed by atoms with Crippen LogP contribution in [0.2, 0.25) is 5.15 Å².